The first-order chi connectivity index (χ1) is 8.76. The third kappa shape index (κ3) is 2.41. The van der Waals surface area contributed by atoms with Crippen LogP contribution in [0.15, 0.2) is 42.7 Å². The Bertz CT molecular complexity index is 564. The maximum absolute atomic E-state index is 8.81. The lowest BCUT2D eigenvalue weighted by atomic mass is 9.90. The lowest BCUT2D eigenvalue weighted by Gasteiger charge is -2.15. The van der Waals surface area contributed by atoms with E-state index in [0.717, 1.165) is 6.42 Å². The molecule has 1 heterocycles. The molecule has 1 atom stereocenters. The van der Waals surface area contributed by atoms with Gasteiger partial charge in [0.05, 0.1) is 11.6 Å². The van der Waals surface area contributed by atoms with Gasteiger partial charge in [0.1, 0.15) is 0 Å². The van der Waals surface area contributed by atoms with Crippen molar-refractivity contribution >= 4 is 0 Å². The van der Waals surface area contributed by atoms with Crippen molar-refractivity contribution in [3.05, 3.63) is 65.0 Å². The fourth-order valence-corrected chi connectivity index (χ4v) is 2.17. The molecule has 2 heteroatoms. The minimum absolute atomic E-state index is 0.307. The number of pyridine rings is 1. The second-order valence-electron chi connectivity index (χ2n) is 4.38. The monoisotopic (exact) mass is 236 g/mol. The van der Waals surface area contributed by atoms with Gasteiger partial charge in [-0.05, 0) is 41.3 Å². The number of benzene rings is 1. The summed E-state index contributed by atoms with van der Waals surface area (Å²) in [5.41, 5.74) is 4.52. The number of hydrogen-bond acceptors (Lipinski definition) is 2. The zero-order valence-corrected chi connectivity index (χ0v) is 10.7. The molecule has 1 aromatic heterocycles. The van der Waals surface area contributed by atoms with Crippen LogP contribution in [0.3, 0.4) is 0 Å². The summed E-state index contributed by atoms with van der Waals surface area (Å²) in [4.78, 5) is 4.22. The van der Waals surface area contributed by atoms with Gasteiger partial charge in [0.2, 0.25) is 0 Å². The van der Waals surface area contributed by atoms with E-state index in [9.17, 15) is 0 Å². The highest BCUT2D eigenvalue weighted by Gasteiger charge is 2.11. The summed E-state index contributed by atoms with van der Waals surface area (Å²) >= 11 is 0. The fraction of sp³-hybridized carbons (Fsp3) is 0.250. The fourth-order valence-electron chi connectivity index (χ4n) is 2.17. The molecule has 1 unspecified atom stereocenters. The van der Waals surface area contributed by atoms with E-state index in [1.807, 2.05) is 36.7 Å². The number of hydrogen-bond donors (Lipinski definition) is 0. The highest BCUT2D eigenvalue weighted by molar-refractivity contribution is 5.39. The number of nitrogens with zero attached hydrogens (tertiary/aromatic N) is 2. The first-order valence-electron chi connectivity index (χ1n) is 6.19. The normalized spacial score (nSPS) is 11.8. The molecule has 0 saturated carbocycles. The number of aromatic nitrogens is 1. The summed E-state index contributed by atoms with van der Waals surface area (Å²) in [7, 11) is 0. The molecule has 2 nitrogen and oxygen atoms in total. The minimum Gasteiger partial charge on any atom is -0.264 e. The van der Waals surface area contributed by atoms with Gasteiger partial charge in [0.15, 0.2) is 0 Å². The Morgan fingerprint density at radius 2 is 1.94 bits per heavy atom. The molecule has 0 N–H and O–H groups in total. The molecule has 2 rings (SSSR count). The van der Waals surface area contributed by atoms with Gasteiger partial charge in [-0.3, -0.25) is 4.98 Å². The van der Waals surface area contributed by atoms with Crippen molar-refractivity contribution in [3.8, 4) is 6.07 Å². The first kappa shape index (κ1) is 12.3. The zero-order valence-electron chi connectivity index (χ0n) is 10.7. The highest BCUT2D eigenvalue weighted by atomic mass is 14.6. The topological polar surface area (TPSA) is 36.7 Å². The van der Waals surface area contributed by atoms with Crippen LogP contribution in [0.25, 0.3) is 0 Å². The number of rotatable bonds is 3. The molecule has 0 saturated heterocycles. The van der Waals surface area contributed by atoms with Gasteiger partial charge in [0, 0.05) is 18.3 Å². The average Bonchev–Trinajstić information content (AvgIpc) is 2.46. The maximum Gasteiger partial charge on any atom is 0.0991 e. The minimum atomic E-state index is 0.307. The van der Waals surface area contributed by atoms with Crippen LogP contribution in [-0.4, -0.2) is 4.98 Å². The summed E-state index contributed by atoms with van der Waals surface area (Å²) in [5.74, 6) is 0.307. The van der Waals surface area contributed by atoms with Crippen molar-refractivity contribution in [3.63, 3.8) is 0 Å². The van der Waals surface area contributed by atoms with Crippen molar-refractivity contribution in [2.75, 3.05) is 0 Å². The van der Waals surface area contributed by atoms with Crippen LogP contribution < -0.4 is 0 Å². The van der Waals surface area contributed by atoms with Crippen LogP contribution >= 0.6 is 0 Å². The van der Waals surface area contributed by atoms with Crippen LogP contribution in [0.2, 0.25) is 0 Å². The predicted octanol–water partition coefficient (Wildman–Crippen LogP) is 3.67. The number of nitriles is 1. The molecule has 0 aliphatic carbocycles. The van der Waals surface area contributed by atoms with E-state index in [4.69, 9.17) is 5.26 Å². The van der Waals surface area contributed by atoms with E-state index in [1.165, 1.54) is 16.7 Å². The van der Waals surface area contributed by atoms with E-state index in [2.05, 4.69) is 31.0 Å². The molecule has 1 aromatic carbocycles. The summed E-state index contributed by atoms with van der Waals surface area (Å²) in [6.07, 6.45) is 4.80. The van der Waals surface area contributed by atoms with E-state index >= 15 is 0 Å². The summed E-state index contributed by atoms with van der Waals surface area (Å²) in [6.45, 7) is 4.34. The van der Waals surface area contributed by atoms with Crippen molar-refractivity contribution in [1.82, 2.24) is 4.98 Å². The second-order valence-corrected chi connectivity index (χ2v) is 4.38. The van der Waals surface area contributed by atoms with E-state index < -0.39 is 0 Å². The molecule has 0 amide bonds. The third-order valence-corrected chi connectivity index (χ3v) is 3.33. The molecule has 0 radical (unpaired) electrons. The standard InChI is InChI=1S/C16H16N2/c1-3-14-8-9-18-11-16(14)12(2)15-6-4-13(10-17)5-7-15/h4-9,11-12H,3H2,1-2H3. The quantitative estimate of drug-likeness (QED) is 0.815. The van der Waals surface area contributed by atoms with E-state index in [-0.39, 0.29) is 0 Å². The maximum atomic E-state index is 8.81. The third-order valence-electron chi connectivity index (χ3n) is 3.33. The van der Waals surface area contributed by atoms with Gasteiger partial charge < -0.3 is 0 Å². The Balaban J connectivity index is 2.35. The Morgan fingerprint density at radius 3 is 2.56 bits per heavy atom. The van der Waals surface area contributed by atoms with Gasteiger partial charge in [-0.1, -0.05) is 26.0 Å². The molecular weight excluding hydrogens is 220 g/mol. The Labute approximate surface area is 108 Å². The van der Waals surface area contributed by atoms with Crippen LogP contribution in [0, 0.1) is 11.3 Å². The summed E-state index contributed by atoms with van der Waals surface area (Å²) in [6, 6.07) is 12.0. The molecule has 2 aromatic rings. The molecule has 0 fully saturated rings. The summed E-state index contributed by atoms with van der Waals surface area (Å²) in [5, 5.41) is 8.81. The van der Waals surface area contributed by atoms with Crippen molar-refractivity contribution in [2.45, 2.75) is 26.2 Å². The van der Waals surface area contributed by atoms with Crippen molar-refractivity contribution in [1.29, 1.82) is 5.26 Å². The predicted molar refractivity (Wildman–Crippen MR) is 72.3 cm³/mol. The van der Waals surface area contributed by atoms with Crippen molar-refractivity contribution < 1.29 is 0 Å². The Kier molecular flexibility index (Phi) is 3.74. The van der Waals surface area contributed by atoms with E-state index in [1.54, 1.807) is 0 Å². The first-order valence-corrected chi connectivity index (χ1v) is 6.19. The van der Waals surface area contributed by atoms with Gasteiger partial charge in [-0.2, -0.15) is 5.26 Å². The molecule has 0 aliphatic rings. The molecule has 0 aliphatic heterocycles. The molecule has 0 spiro atoms. The number of aryl methyl sites for hydroxylation is 1. The highest BCUT2D eigenvalue weighted by Crippen LogP contribution is 2.26. The van der Waals surface area contributed by atoms with Gasteiger partial charge in [-0.25, -0.2) is 0 Å². The van der Waals surface area contributed by atoms with E-state index in [0.29, 0.717) is 11.5 Å². The largest absolute Gasteiger partial charge is 0.264 e. The zero-order chi connectivity index (χ0) is 13.0. The lowest BCUT2D eigenvalue weighted by Crippen LogP contribution is -2.01. The lowest BCUT2D eigenvalue weighted by molar-refractivity contribution is 0.881. The van der Waals surface area contributed by atoms with Gasteiger partial charge in [-0.15, -0.1) is 0 Å². The molecule has 18 heavy (non-hydrogen) atoms. The molecule has 90 valence electrons. The average molecular weight is 236 g/mol. The molecule has 0 bridgehead atoms. The second kappa shape index (κ2) is 5.46. The smallest absolute Gasteiger partial charge is 0.0991 e. The van der Waals surface area contributed by atoms with Gasteiger partial charge in [0.25, 0.3) is 0 Å². The SMILES string of the molecule is CCc1ccncc1C(C)c1ccc(C#N)cc1. The van der Waals surface area contributed by atoms with Crippen molar-refractivity contribution in [2.24, 2.45) is 0 Å². The van der Waals surface area contributed by atoms with Crippen LogP contribution in [0.4, 0.5) is 0 Å². The van der Waals surface area contributed by atoms with Crippen LogP contribution in [0.5, 0.6) is 0 Å². The Hall–Kier alpha value is -2.14. The van der Waals surface area contributed by atoms with Crippen LogP contribution in [0.1, 0.15) is 42.0 Å². The summed E-state index contributed by atoms with van der Waals surface area (Å²) < 4.78 is 0. The van der Waals surface area contributed by atoms with Crippen LogP contribution in [-0.2, 0) is 6.42 Å². The Morgan fingerprint density at radius 1 is 1.22 bits per heavy atom. The van der Waals surface area contributed by atoms with Gasteiger partial charge >= 0.3 is 0 Å². The molecular formula is C16H16N2.